The van der Waals surface area contributed by atoms with E-state index >= 15 is 0 Å². The Kier molecular flexibility index (Phi) is 7.84. The fraction of sp³-hybridized carbons (Fsp3) is 0.391. The van der Waals surface area contributed by atoms with E-state index in [1.54, 1.807) is 24.3 Å². The molecule has 0 heterocycles. The molecule has 0 radical (unpaired) electrons. The van der Waals surface area contributed by atoms with Gasteiger partial charge in [0.1, 0.15) is 0 Å². The number of hydrogen-bond acceptors (Lipinski definition) is 0. The van der Waals surface area contributed by atoms with E-state index in [2.05, 4.69) is 6.92 Å². The second kappa shape index (κ2) is 10.1. The van der Waals surface area contributed by atoms with Gasteiger partial charge in [0.15, 0.2) is 11.7 Å². The van der Waals surface area contributed by atoms with Crippen LogP contribution < -0.4 is 0 Å². The molecule has 0 aliphatic rings. The van der Waals surface area contributed by atoms with E-state index in [1.807, 2.05) is 31.2 Å². The van der Waals surface area contributed by atoms with Crippen molar-refractivity contribution < 1.29 is 8.78 Å². The molecule has 0 nitrogen and oxygen atoms in total. The maximum Gasteiger partial charge on any atom is 0.166 e. The lowest BCUT2D eigenvalue weighted by Crippen LogP contribution is -1.89. The Bertz CT molecular complexity index is 666. The summed E-state index contributed by atoms with van der Waals surface area (Å²) in [4.78, 5) is 0. The van der Waals surface area contributed by atoms with Gasteiger partial charge in [0.05, 0.1) is 0 Å². The molecule has 134 valence electrons. The molecule has 0 unspecified atom stereocenters. The van der Waals surface area contributed by atoms with E-state index < -0.39 is 11.7 Å². The van der Waals surface area contributed by atoms with E-state index in [1.165, 1.54) is 31.2 Å². The van der Waals surface area contributed by atoms with E-state index in [-0.39, 0.29) is 5.56 Å². The van der Waals surface area contributed by atoms with Crippen LogP contribution in [-0.4, -0.2) is 0 Å². The van der Waals surface area contributed by atoms with Crippen molar-refractivity contribution in [1.82, 2.24) is 0 Å². The third-order valence-corrected chi connectivity index (χ3v) is 4.58. The van der Waals surface area contributed by atoms with E-state index in [4.69, 9.17) is 0 Å². The van der Waals surface area contributed by atoms with Gasteiger partial charge in [-0.1, -0.05) is 88.1 Å². The smallest absolute Gasteiger partial charge is 0.166 e. The zero-order valence-electron chi connectivity index (χ0n) is 15.3. The molecule has 0 N–H and O–H groups in total. The second-order valence-corrected chi connectivity index (χ2v) is 6.54. The van der Waals surface area contributed by atoms with Crippen molar-refractivity contribution in [3.05, 3.63) is 70.8 Å². The van der Waals surface area contributed by atoms with Crippen molar-refractivity contribution in [1.29, 1.82) is 0 Å². The lowest BCUT2D eigenvalue weighted by molar-refractivity contribution is 0.632. The van der Waals surface area contributed by atoms with Gasteiger partial charge in [-0.3, -0.25) is 0 Å². The molecule has 0 saturated heterocycles. The largest absolute Gasteiger partial charge is 0.203 e. The number of halogens is 2. The van der Waals surface area contributed by atoms with Gasteiger partial charge in [0.2, 0.25) is 0 Å². The third kappa shape index (κ3) is 5.81. The molecule has 0 bridgehead atoms. The van der Waals surface area contributed by atoms with Crippen LogP contribution in [0.25, 0.3) is 11.7 Å². The molecule has 0 amide bonds. The van der Waals surface area contributed by atoms with Crippen molar-refractivity contribution in [3.63, 3.8) is 0 Å². The van der Waals surface area contributed by atoms with Crippen molar-refractivity contribution in [2.75, 3.05) is 0 Å². The van der Waals surface area contributed by atoms with Gasteiger partial charge >= 0.3 is 0 Å². The minimum absolute atomic E-state index is 0.287. The van der Waals surface area contributed by atoms with Crippen LogP contribution in [0.3, 0.4) is 0 Å². The lowest BCUT2D eigenvalue weighted by atomic mass is 10.0. The van der Waals surface area contributed by atoms with E-state index in [0.29, 0.717) is 5.56 Å². The van der Waals surface area contributed by atoms with Crippen molar-refractivity contribution in [2.45, 2.75) is 58.8 Å². The van der Waals surface area contributed by atoms with Crippen LogP contribution in [0.4, 0.5) is 8.78 Å². The quantitative estimate of drug-likeness (QED) is 0.326. The van der Waals surface area contributed by atoms with E-state index in [9.17, 15) is 8.78 Å². The Morgan fingerprint density at radius 2 is 1.12 bits per heavy atom. The van der Waals surface area contributed by atoms with Gasteiger partial charge in [-0.15, -0.1) is 0 Å². The fourth-order valence-electron chi connectivity index (χ4n) is 2.89. The minimum atomic E-state index is -0.796. The van der Waals surface area contributed by atoms with E-state index in [0.717, 1.165) is 24.8 Å². The molecule has 25 heavy (non-hydrogen) atoms. The molecule has 0 atom stereocenters. The maximum atomic E-state index is 14.4. The normalized spacial score (nSPS) is 12.2. The summed E-state index contributed by atoms with van der Waals surface area (Å²) in [5, 5.41) is 0. The fourth-order valence-corrected chi connectivity index (χ4v) is 2.89. The van der Waals surface area contributed by atoms with Gasteiger partial charge in [-0.25, -0.2) is 8.78 Å². The first-order valence-corrected chi connectivity index (χ1v) is 9.39. The van der Waals surface area contributed by atoms with Crippen LogP contribution in [0.5, 0.6) is 0 Å². The molecule has 0 spiro atoms. The molecule has 0 aliphatic heterocycles. The first-order chi connectivity index (χ1) is 12.2. The highest BCUT2D eigenvalue weighted by Crippen LogP contribution is 2.29. The summed E-state index contributed by atoms with van der Waals surface area (Å²) >= 11 is 0. The molecule has 0 fully saturated rings. The Balaban J connectivity index is 2.01. The standard InChI is InChI=1S/C23H28F2/c1-3-5-6-7-8-9-19-12-16-21(17-13-19)23(25)22(24)20-14-10-18(4-2)11-15-20/h10-17H,3-9H2,1-2H3/b23-22+. The predicted octanol–water partition coefficient (Wildman–Crippen LogP) is 7.53. The number of benzene rings is 2. The van der Waals surface area contributed by atoms with Crippen molar-refractivity contribution in [2.24, 2.45) is 0 Å². The van der Waals surface area contributed by atoms with Gasteiger partial charge in [-0.05, 0) is 30.4 Å². The van der Waals surface area contributed by atoms with Gasteiger partial charge < -0.3 is 0 Å². The molecule has 0 aliphatic carbocycles. The summed E-state index contributed by atoms with van der Waals surface area (Å²) in [6.45, 7) is 4.24. The molecule has 2 heteroatoms. The first kappa shape index (κ1) is 19.4. The SMILES string of the molecule is CCCCCCCc1ccc(/C(F)=C(\F)c2ccc(CC)cc2)cc1. The highest BCUT2D eigenvalue weighted by atomic mass is 19.2. The second-order valence-electron chi connectivity index (χ2n) is 6.54. The monoisotopic (exact) mass is 342 g/mol. The van der Waals surface area contributed by atoms with Gasteiger partial charge in [0.25, 0.3) is 0 Å². The average molecular weight is 342 g/mol. The van der Waals surface area contributed by atoms with Crippen LogP contribution in [-0.2, 0) is 12.8 Å². The molecule has 0 aromatic heterocycles. The van der Waals surface area contributed by atoms with Crippen LogP contribution in [0.15, 0.2) is 48.5 Å². The number of rotatable bonds is 9. The number of unbranched alkanes of at least 4 members (excludes halogenated alkanes) is 4. The molecular formula is C23H28F2. The molecule has 2 aromatic rings. The maximum absolute atomic E-state index is 14.4. The lowest BCUT2D eigenvalue weighted by Gasteiger charge is -2.06. The van der Waals surface area contributed by atoms with Crippen LogP contribution >= 0.6 is 0 Å². The summed E-state index contributed by atoms with van der Waals surface area (Å²) < 4.78 is 28.8. The Morgan fingerprint density at radius 3 is 1.60 bits per heavy atom. The van der Waals surface area contributed by atoms with Crippen molar-refractivity contribution in [3.8, 4) is 0 Å². The Hall–Kier alpha value is -1.96. The van der Waals surface area contributed by atoms with Crippen molar-refractivity contribution >= 4 is 11.7 Å². The predicted molar refractivity (Wildman–Crippen MR) is 104 cm³/mol. The Morgan fingerprint density at radius 1 is 0.640 bits per heavy atom. The summed E-state index contributed by atoms with van der Waals surface area (Å²) in [7, 11) is 0. The zero-order chi connectivity index (χ0) is 18.1. The highest BCUT2D eigenvalue weighted by Gasteiger charge is 2.11. The third-order valence-electron chi connectivity index (χ3n) is 4.58. The summed E-state index contributed by atoms with van der Waals surface area (Å²) in [5.41, 5.74) is 2.88. The minimum Gasteiger partial charge on any atom is -0.203 e. The van der Waals surface area contributed by atoms with Crippen LogP contribution in [0.2, 0.25) is 0 Å². The van der Waals surface area contributed by atoms with Gasteiger partial charge in [-0.2, -0.15) is 0 Å². The average Bonchev–Trinajstić information content (AvgIpc) is 2.67. The highest BCUT2D eigenvalue weighted by molar-refractivity contribution is 5.83. The number of aryl methyl sites for hydroxylation is 2. The van der Waals surface area contributed by atoms with Crippen LogP contribution in [0.1, 0.15) is 68.2 Å². The zero-order valence-corrected chi connectivity index (χ0v) is 15.3. The molecule has 2 aromatic carbocycles. The molecular weight excluding hydrogens is 314 g/mol. The number of hydrogen-bond donors (Lipinski definition) is 0. The Labute approximate surface area is 150 Å². The van der Waals surface area contributed by atoms with Gasteiger partial charge in [0, 0.05) is 11.1 Å². The summed E-state index contributed by atoms with van der Waals surface area (Å²) in [5.74, 6) is -1.59. The molecule has 0 saturated carbocycles. The summed E-state index contributed by atoms with van der Waals surface area (Å²) in [6, 6.07) is 14.1. The van der Waals surface area contributed by atoms with Crippen LogP contribution in [0, 0.1) is 0 Å². The summed E-state index contributed by atoms with van der Waals surface area (Å²) in [6.07, 6.45) is 8.06. The molecule has 2 rings (SSSR count). The topological polar surface area (TPSA) is 0 Å². The first-order valence-electron chi connectivity index (χ1n) is 9.39.